The van der Waals surface area contributed by atoms with E-state index in [4.69, 9.17) is 9.97 Å². The van der Waals surface area contributed by atoms with Crippen molar-refractivity contribution in [1.29, 1.82) is 0 Å². The zero-order valence-electron chi connectivity index (χ0n) is 14.0. The van der Waals surface area contributed by atoms with Gasteiger partial charge in [-0.3, -0.25) is 0 Å². The van der Waals surface area contributed by atoms with Crippen LogP contribution >= 0.6 is 0 Å². The summed E-state index contributed by atoms with van der Waals surface area (Å²) in [5.74, 6) is 5.23. The molecule has 3 rings (SSSR count). The Labute approximate surface area is 128 Å². The number of hydrogen-bond donors (Lipinski definition) is 1. The van der Waals surface area contributed by atoms with E-state index in [2.05, 4.69) is 37.9 Å². The van der Waals surface area contributed by atoms with Gasteiger partial charge in [0, 0.05) is 31.1 Å². The number of nitrogens with one attached hydrogen (secondary N) is 1. The first-order chi connectivity index (χ1) is 10.0. The van der Waals surface area contributed by atoms with Crippen molar-refractivity contribution in [2.75, 3.05) is 23.8 Å². The summed E-state index contributed by atoms with van der Waals surface area (Å²) in [6.07, 6.45) is 3.80. The second kappa shape index (κ2) is 5.47. The molecule has 1 aromatic heterocycles. The summed E-state index contributed by atoms with van der Waals surface area (Å²) >= 11 is 0. The van der Waals surface area contributed by atoms with Crippen LogP contribution in [0.3, 0.4) is 0 Å². The molecular weight excluding hydrogens is 260 g/mol. The fraction of sp³-hybridized carbons (Fsp3) is 0.765. The number of anilines is 2. The van der Waals surface area contributed by atoms with Crippen molar-refractivity contribution in [3.05, 3.63) is 11.4 Å². The first kappa shape index (κ1) is 14.6. The molecule has 2 aliphatic rings. The van der Waals surface area contributed by atoms with E-state index in [1.54, 1.807) is 0 Å². The smallest absolute Gasteiger partial charge is 0.137 e. The lowest BCUT2D eigenvalue weighted by Crippen LogP contribution is -2.46. The van der Waals surface area contributed by atoms with Gasteiger partial charge in [0.2, 0.25) is 0 Å². The van der Waals surface area contributed by atoms with Crippen LogP contribution in [0.2, 0.25) is 0 Å². The van der Waals surface area contributed by atoms with Gasteiger partial charge in [0.25, 0.3) is 0 Å². The van der Waals surface area contributed by atoms with Crippen LogP contribution in [0.4, 0.5) is 11.6 Å². The topological polar surface area (TPSA) is 41.1 Å². The molecule has 1 aliphatic carbocycles. The normalized spacial score (nSPS) is 29.6. The molecule has 116 valence electrons. The van der Waals surface area contributed by atoms with E-state index >= 15 is 0 Å². The highest BCUT2D eigenvalue weighted by Crippen LogP contribution is 2.41. The second-order valence-electron chi connectivity index (χ2n) is 7.11. The molecule has 4 heteroatoms. The van der Waals surface area contributed by atoms with Gasteiger partial charge in [-0.05, 0) is 44.9 Å². The predicted octanol–water partition coefficient (Wildman–Crippen LogP) is 3.57. The first-order valence-corrected chi connectivity index (χ1v) is 8.34. The Bertz CT molecular complexity index is 524. The van der Waals surface area contributed by atoms with Crippen molar-refractivity contribution in [2.24, 2.45) is 11.8 Å². The molecule has 0 spiro atoms. The molecule has 0 bridgehead atoms. The van der Waals surface area contributed by atoms with Crippen LogP contribution in [0.25, 0.3) is 0 Å². The maximum atomic E-state index is 4.96. The Morgan fingerprint density at radius 1 is 1.14 bits per heavy atom. The zero-order chi connectivity index (χ0) is 15.1. The lowest BCUT2D eigenvalue weighted by atomic mass is 9.86. The molecule has 3 unspecified atom stereocenters. The fourth-order valence-electron chi connectivity index (χ4n) is 3.56. The van der Waals surface area contributed by atoms with E-state index in [1.165, 1.54) is 24.8 Å². The number of rotatable bonds is 3. The van der Waals surface area contributed by atoms with E-state index in [9.17, 15) is 0 Å². The van der Waals surface area contributed by atoms with E-state index in [1.807, 2.05) is 7.05 Å². The molecule has 1 aliphatic heterocycles. The maximum Gasteiger partial charge on any atom is 0.137 e. The van der Waals surface area contributed by atoms with E-state index in [0.29, 0.717) is 17.9 Å². The van der Waals surface area contributed by atoms with Gasteiger partial charge in [-0.25, -0.2) is 9.97 Å². The van der Waals surface area contributed by atoms with Gasteiger partial charge in [0.05, 0.1) is 0 Å². The monoisotopic (exact) mass is 288 g/mol. The van der Waals surface area contributed by atoms with Crippen molar-refractivity contribution < 1.29 is 0 Å². The van der Waals surface area contributed by atoms with E-state index in [0.717, 1.165) is 29.9 Å². The summed E-state index contributed by atoms with van der Waals surface area (Å²) in [6, 6.07) is 0.548. The van der Waals surface area contributed by atoms with Crippen molar-refractivity contribution in [2.45, 2.75) is 58.9 Å². The highest BCUT2D eigenvalue weighted by Gasteiger charge is 2.33. The summed E-state index contributed by atoms with van der Waals surface area (Å²) in [6.45, 7) is 10.3. The maximum absolute atomic E-state index is 4.96. The van der Waals surface area contributed by atoms with Crippen molar-refractivity contribution in [3.8, 4) is 0 Å². The van der Waals surface area contributed by atoms with Crippen LogP contribution in [-0.4, -0.2) is 29.6 Å². The Hall–Kier alpha value is -1.32. The quantitative estimate of drug-likeness (QED) is 0.923. The van der Waals surface area contributed by atoms with E-state index in [-0.39, 0.29) is 0 Å². The number of piperidine rings is 1. The summed E-state index contributed by atoms with van der Waals surface area (Å²) in [4.78, 5) is 12.2. The number of aromatic nitrogens is 2. The standard InChI is InChI=1S/C17H28N4/c1-10-8-11(2)13(4)21(9-10)17-12(3)15(18-5)19-16(20-17)14-6-7-14/h10-11,13-14H,6-9H2,1-5H3,(H,18,19,20). The Kier molecular flexibility index (Phi) is 3.80. The van der Waals surface area contributed by atoms with Gasteiger partial charge < -0.3 is 10.2 Å². The predicted molar refractivity (Wildman–Crippen MR) is 88.0 cm³/mol. The molecule has 1 aromatic rings. The molecule has 4 nitrogen and oxygen atoms in total. The van der Waals surface area contributed by atoms with Crippen molar-refractivity contribution in [3.63, 3.8) is 0 Å². The average molecular weight is 288 g/mol. The molecule has 0 amide bonds. The van der Waals surface area contributed by atoms with Crippen LogP contribution < -0.4 is 10.2 Å². The summed E-state index contributed by atoms with van der Waals surface area (Å²) in [5, 5.41) is 3.26. The minimum Gasteiger partial charge on any atom is -0.373 e. The summed E-state index contributed by atoms with van der Waals surface area (Å²) in [5.41, 5.74) is 1.19. The van der Waals surface area contributed by atoms with Crippen LogP contribution in [0.1, 0.15) is 57.3 Å². The molecule has 21 heavy (non-hydrogen) atoms. The summed E-state index contributed by atoms with van der Waals surface area (Å²) < 4.78 is 0. The van der Waals surface area contributed by atoms with Crippen LogP contribution in [0, 0.1) is 18.8 Å². The van der Waals surface area contributed by atoms with Gasteiger partial charge in [0.15, 0.2) is 0 Å². The summed E-state index contributed by atoms with van der Waals surface area (Å²) in [7, 11) is 1.96. The third-order valence-electron chi connectivity index (χ3n) is 5.19. The fourth-order valence-corrected chi connectivity index (χ4v) is 3.56. The van der Waals surface area contributed by atoms with Crippen LogP contribution in [-0.2, 0) is 0 Å². The Morgan fingerprint density at radius 3 is 2.48 bits per heavy atom. The van der Waals surface area contributed by atoms with Crippen LogP contribution in [0.15, 0.2) is 0 Å². The SMILES string of the molecule is CNc1nc(C2CC2)nc(N2CC(C)CC(C)C2C)c1C. The second-order valence-corrected chi connectivity index (χ2v) is 7.11. The Balaban J connectivity index is 2.01. The lowest BCUT2D eigenvalue weighted by Gasteiger charge is -2.42. The number of nitrogens with zero attached hydrogens (tertiary/aromatic N) is 3. The lowest BCUT2D eigenvalue weighted by molar-refractivity contribution is 0.295. The molecule has 3 atom stereocenters. The largest absolute Gasteiger partial charge is 0.373 e. The highest BCUT2D eigenvalue weighted by molar-refractivity contribution is 5.59. The van der Waals surface area contributed by atoms with Crippen molar-refractivity contribution in [1.82, 2.24) is 9.97 Å². The van der Waals surface area contributed by atoms with Crippen molar-refractivity contribution >= 4 is 11.6 Å². The van der Waals surface area contributed by atoms with Gasteiger partial charge >= 0.3 is 0 Å². The molecule has 0 radical (unpaired) electrons. The third kappa shape index (κ3) is 2.72. The molecule has 2 fully saturated rings. The van der Waals surface area contributed by atoms with Gasteiger partial charge in [0.1, 0.15) is 17.5 Å². The highest BCUT2D eigenvalue weighted by atomic mass is 15.2. The Morgan fingerprint density at radius 2 is 1.86 bits per heavy atom. The zero-order valence-corrected chi connectivity index (χ0v) is 14.0. The minimum absolute atomic E-state index is 0.548. The molecule has 0 aromatic carbocycles. The number of hydrogen-bond acceptors (Lipinski definition) is 4. The molecular formula is C17H28N4. The van der Waals surface area contributed by atoms with E-state index < -0.39 is 0 Å². The third-order valence-corrected chi connectivity index (χ3v) is 5.19. The minimum atomic E-state index is 0.548. The van der Waals surface area contributed by atoms with Crippen LogP contribution in [0.5, 0.6) is 0 Å². The molecule has 1 saturated carbocycles. The van der Waals surface area contributed by atoms with Gasteiger partial charge in [-0.15, -0.1) is 0 Å². The van der Waals surface area contributed by atoms with Gasteiger partial charge in [-0.1, -0.05) is 13.8 Å². The average Bonchev–Trinajstić information content (AvgIpc) is 3.28. The molecule has 1 N–H and O–H groups in total. The van der Waals surface area contributed by atoms with Gasteiger partial charge in [-0.2, -0.15) is 0 Å². The molecule has 1 saturated heterocycles. The first-order valence-electron chi connectivity index (χ1n) is 8.34. The molecule has 2 heterocycles.